The first-order valence-electron chi connectivity index (χ1n) is 4.64. The van der Waals surface area contributed by atoms with E-state index in [2.05, 4.69) is 14.7 Å². The monoisotopic (exact) mass is 240 g/mol. The molecular formula is C9H12N4O2S. The Morgan fingerprint density at radius 3 is 2.62 bits per heavy atom. The molecule has 0 aliphatic rings. The molecule has 0 bridgehead atoms. The summed E-state index contributed by atoms with van der Waals surface area (Å²) >= 11 is 0. The minimum atomic E-state index is -3.51. The standard InChI is InChI=1S/C9H12N4O2S/c1-13(2)16(14,15)12-9-10-7-5-3-4-6-8(7)11-9/h3-6H,1-2H3,(H2,10,11,12). The molecule has 7 heteroatoms. The number of nitrogens with one attached hydrogen (secondary N) is 2. The lowest BCUT2D eigenvalue weighted by molar-refractivity contribution is 0.526. The molecule has 1 heterocycles. The zero-order valence-electron chi connectivity index (χ0n) is 8.93. The lowest BCUT2D eigenvalue weighted by Crippen LogP contribution is -2.29. The number of imidazole rings is 1. The van der Waals surface area contributed by atoms with Gasteiger partial charge in [0.25, 0.3) is 0 Å². The van der Waals surface area contributed by atoms with Crippen molar-refractivity contribution in [3.8, 4) is 0 Å². The molecule has 0 fully saturated rings. The van der Waals surface area contributed by atoms with Crippen molar-refractivity contribution in [2.24, 2.45) is 0 Å². The highest BCUT2D eigenvalue weighted by molar-refractivity contribution is 7.90. The Bertz CT molecular complexity index is 570. The Kier molecular flexibility index (Phi) is 2.56. The van der Waals surface area contributed by atoms with Crippen molar-refractivity contribution in [1.29, 1.82) is 0 Å². The van der Waals surface area contributed by atoms with E-state index < -0.39 is 10.2 Å². The first-order valence-corrected chi connectivity index (χ1v) is 6.08. The van der Waals surface area contributed by atoms with Crippen molar-refractivity contribution >= 4 is 27.2 Å². The Hall–Kier alpha value is -1.60. The van der Waals surface area contributed by atoms with Crippen molar-refractivity contribution in [3.63, 3.8) is 0 Å². The van der Waals surface area contributed by atoms with Crippen LogP contribution in [0.5, 0.6) is 0 Å². The molecule has 2 rings (SSSR count). The van der Waals surface area contributed by atoms with Crippen LogP contribution in [0.15, 0.2) is 24.3 Å². The van der Waals surface area contributed by atoms with E-state index in [9.17, 15) is 8.42 Å². The SMILES string of the molecule is CN(C)S(=O)(=O)Nc1nc2ccccc2[nH]1. The van der Waals surface area contributed by atoms with Crippen LogP contribution in [0, 0.1) is 0 Å². The normalized spacial score (nSPS) is 12.2. The number of para-hydroxylation sites is 2. The van der Waals surface area contributed by atoms with E-state index in [0.717, 1.165) is 15.3 Å². The molecule has 0 aliphatic heterocycles. The third-order valence-corrected chi connectivity index (χ3v) is 3.51. The Labute approximate surface area is 93.5 Å². The molecule has 1 aromatic carbocycles. The summed E-state index contributed by atoms with van der Waals surface area (Å²) in [5.74, 6) is 0.218. The molecule has 0 saturated heterocycles. The molecule has 2 aromatic rings. The number of hydrogen-bond acceptors (Lipinski definition) is 3. The van der Waals surface area contributed by atoms with E-state index in [-0.39, 0.29) is 5.95 Å². The molecule has 0 unspecified atom stereocenters. The second kappa shape index (κ2) is 3.76. The van der Waals surface area contributed by atoms with Crippen LogP contribution in [0.1, 0.15) is 0 Å². The summed E-state index contributed by atoms with van der Waals surface area (Å²) in [5.41, 5.74) is 1.51. The van der Waals surface area contributed by atoms with Crippen molar-refractivity contribution in [1.82, 2.24) is 14.3 Å². The Balaban J connectivity index is 2.36. The van der Waals surface area contributed by atoms with Gasteiger partial charge in [0.1, 0.15) is 0 Å². The number of fused-ring (bicyclic) bond motifs is 1. The number of aromatic amines is 1. The highest BCUT2D eigenvalue weighted by Crippen LogP contribution is 2.14. The molecule has 0 aliphatic carbocycles. The second-order valence-corrected chi connectivity index (χ2v) is 5.38. The molecular weight excluding hydrogens is 228 g/mol. The molecule has 1 aromatic heterocycles. The molecule has 0 amide bonds. The molecule has 0 radical (unpaired) electrons. The molecule has 86 valence electrons. The van der Waals surface area contributed by atoms with E-state index in [1.54, 1.807) is 6.07 Å². The van der Waals surface area contributed by atoms with Gasteiger partial charge in [-0.3, -0.25) is 0 Å². The fourth-order valence-electron chi connectivity index (χ4n) is 1.21. The van der Waals surface area contributed by atoms with E-state index in [1.807, 2.05) is 18.2 Å². The van der Waals surface area contributed by atoms with Crippen LogP contribution in [-0.4, -0.2) is 36.8 Å². The van der Waals surface area contributed by atoms with Gasteiger partial charge in [-0.1, -0.05) is 12.1 Å². The smallest absolute Gasteiger partial charge is 0.303 e. The molecule has 6 nitrogen and oxygen atoms in total. The third-order valence-electron chi connectivity index (χ3n) is 2.10. The average molecular weight is 240 g/mol. The fraction of sp³-hybridized carbons (Fsp3) is 0.222. The summed E-state index contributed by atoms with van der Waals surface area (Å²) in [4.78, 5) is 6.99. The van der Waals surface area contributed by atoms with Gasteiger partial charge in [0.2, 0.25) is 5.95 Å². The predicted molar refractivity (Wildman–Crippen MR) is 62.3 cm³/mol. The lowest BCUT2D eigenvalue weighted by atomic mass is 10.3. The second-order valence-electron chi connectivity index (χ2n) is 3.49. The number of nitrogens with zero attached hydrogens (tertiary/aromatic N) is 2. The molecule has 2 N–H and O–H groups in total. The maximum Gasteiger partial charge on any atom is 0.303 e. The average Bonchev–Trinajstić information content (AvgIpc) is 2.58. The summed E-state index contributed by atoms with van der Waals surface area (Å²) < 4.78 is 26.5. The van der Waals surface area contributed by atoms with Gasteiger partial charge >= 0.3 is 10.2 Å². The van der Waals surface area contributed by atoms with Gasteiger partial charge < -0.3 is 4.98 Å². The van der Waals surface area contributed by atoms with E-state index >= 15 is 0 Å². The van der Waals surface area contributed by atoms with Gasteiger partial charge in [-0.15, -0.1) is 0 Å². The van der Waals surface area contributed by atoms with Gasteiger partial charge in [-0.2, -0.15) is 12.7 Å². The maximum absolute atomic E-state index is 11.5. The molecule has 16 heavy (non-hydrogen) atoms. The highest BCUT2D eigenvalue weighted by Gasteiger charge is 2.14. The van der Waals surface area contributed by atoms with Crippen LogP contribution in [0.3, 0.4) is 0 Å². The topological polar surface area (TPSA) is 78.1 Å². The van der Waals surface area contributed by atoms with Gasteiger partial charge in [-0.25, -0.2) is 9.71 Å². The van der Waals surface area contributed by atoms with E-state index in [4.69, 9.17) is 0 Å². The summed E-state index contributed by atoms with van der Waals surface area (Å²) in [5, 5.41) is 0. The third kappa shape index (κ3) is 2.00. The number of H-pyrrole nitrogens is 1. The van der Waals surface area contributed by atoms with Gasteiger partial charge in [0.15, 0.2) is 0 Å². The zero-order chi connectivity index (χ0) is 11.8. The van der Waals surface area contributed by atoms with E-state index in [0.29, 0.717) is 0 Å². The number of hydrogen-bond donors (Lipinski definition) is 2. The van der Waals surface area contributed by atoms with Crippen LogP contribution >= 0.6 is 0 Å². The van der Waals surface area contributed by atoms with E-state index in [1.165, 1.54) is 14.1 Å². The minimum absolute atomic E-state index is 0.218. The Morgan fingerprint density at radius 2 is 2.00 bits per heavy atom. The van der Waals surface area contributed by atoms with Crippen LogP contribution in [0.2, 0.25) is 0 Å². The Morgan fingerprint density at radius 1 is 1.31 bits per heavy atom. The van der Waals surface area contributed by atoms with Crippen LogP contribution in [0.25, 0.3) is 11.0 Å². The summed E-state index contributed by atoms with van der Waals surface area (Å²) in [7, 11) is -0.611. The number of benzene rings is 1. The maximum atomic E-state index is 11.5. The lowest BCUT2D eigenvalue weighted by Gasteiger charge is -2.10. The number of anilines is 1. The molecule has 0 atom stereocenters. The van der Waals surface area contributed by atoms with Crippen LogP contribution in [0.4, 0.5) is 5.95 Å². The van der Waals surface area contributed by atoms with Gasteiger partial charge in [0, 0.05) is 14.1 Å². The first kappa shape index (κ1) is 10.9. The number of aromatic nitrogens is 2. The van der Waals surface area contributed by atoms with Crippen LogP contribution < -0.4 is 4.72 Å². The van der Waals surface area contributed by atoms with Crippen molar-refractivity contribution in [3.05, 3.63) is 24.3 Å². The molecule has 0 saturated carbocycles. The largest absolute Gasteiger partial charge is 0.323 e. The predicted octanol–water partition coefficient (Wildman–Crippen LogP) is 0.781. The first-order chi connectivity index (χ1) is 7.49. The summed E-state index contributed by atoms with van der Waals surface area (Å²) in [6.07, 6.45) is 0. The van der Waals surface area contributed by atoms with Crippen LogP contribution in [-0.2, 0) is 10.2 Å². The van der Waals surface area contributed by atoms with Crippen molar-refractivity contribution < 1.29 is 8.42 Å². The van der Waals surface area contributed by atoms with Gasteiger partial charge in [-0.05, 0) is 12.1 Å². The van der Waals surface area contributed by atoms with Crippen molar-refractivity contribution in [2.75, 3.05) is 18.8 Å². The zero-order valence-corrected chi connectivity index (χ0v) is 9.75. The fourth-order valence-corrected chi connectivity index (χ4v) is 1.74. The van der Waals surface area contributed by atoms with Gasteiger partial charge in [0.05, 0.1) is 11.0 Å². The number of rotatable bonds is 3. The minimum Gasteiger partial charge on any atom is -0.323 e. The summed E-state index contributed by atoms with van der Waals surface area (Å²) in [6.45, 7) is 0. The highest BCUT2D eigenvalue weighted by atomic mass is 32.2. The molecule has 0 spiro atoms. The quantitative estimate of drug-likeness (QED) is 0.832. The van der Waals surface area contributed by atoms with Crippen molar-refractivity contribution in [2.45, 2.75) is 0 Å². The summed E-state index contributed by atoms with van der Waals surface area (Å²) in [6, 6.07) is 7.33.